The molecule has 1 aromatic carbocycles. The Balaban J connectivity index is 2.16. The highest BCUT2D eigenvalue weighted by Crippen LogP contribution is 2.29. The lowest BCUT2D eigenvalue weighted by atomic mass is 9.80. The number of benzene rings is 1. The summed E-state index contributed by atoms with van der Waals surface area (Å²) in [6.07, 6.45) is 2.83. The molecule has 1 aliphatic rings. The number of hydrogen-bond acceptors (Lipinski definition) is 3. The average molecular weight is 300 g/mol. The molecule has 0 radical (unpaired) electrons. The van der Waals surface area contributed by atoms with Crippen molar-refractivity contribution < 1.29 is 12.8 Å². The second-order valence-electron chi connectivity index (χ2n) is 5.81. The van der Waals surface area contributed by atoms with Crippen molar-refractivity contribution >= 4 is 15.7 Å². The number of hydrogen-bond donors (Lipinski definition) is 2. The summed E-state index contributed by atoms with van der Waals surface area (Å²) in [5, 5.41) is 0. The van der Waals surface area contributed by atoms with Gasteiger partial charge in [-0.2, -0.15) is 0 Å². The van der Waals surface area contributed by atoms with Gasteiger partial charge in [-0.1, -0.05) is 13.8 Å². The molecule has 0 heterocycles. The number of halogens is 1. The molecule has 0 bridgehead atoms. The fraction of sp³-hybridized carbons (Fsp3) is 0.571. The van der Waals surface area contributed by atoms with E-state index < -0.39 is 15.8 Å². The van der Waals surface area contributed by atoms with Crippen LogP contribution in [0.25, 0.3) is 0 Å². The molecule has 0 saturated heterocycles. The van der Waals surface area contributed by atoms with Crippen LogP contribution >= 0.6 is 0 Å². The highest BCUT2D eigenvalue weighted by Gasteiger charge is 2.29. The van der Waals surface area contributed by atoms with E-state index in [1.54, 1.807) is 0 Å². The fourth-order valence-electron chi connectivity index (χ4n) is 2.78. The lowest BCUT2D eigenvalue weighted by Gasteiger charge is -2.32. The minimum Gasteiger partial charge on any atom is -0.396 e. The molecule has 4 nitrogen and oxygen atoms in total. The maximum atomic E-state index is 13.4. The molecular weight excluding hydrogens is 279 g/mol. The van der Waals surface area contributed by atoms with Gasteiger partial charge in [-0.3, -0.25) is 0 Å². The summed E-state index contributed by atoms with van der Waals surface area (Å²) in [4.78, 5) is -0.0741. The molecule has 0 amide bonds. The summed E-state index contributed by atoms with van der Waals surface area (Å²) in [6, 6.07) is 3.48. The highest BCUT2D eigenvalue weighted by molar-refractivity contribution is 7.89. The minimum atomic E-state index is -3.70. The summed E-state index contributed by atoms with van der Waals surface area (Å²) in [5.74, 6) is 0.199. The van der Waals surface area contributed by atoms with Gasteiger partial charge in [-0.05, 0) is 49.3 Å². The number of rotatable bonds is 3. The second kappa shape index (κ2) is 5.69. The van der Waals surface area contributed by atoms with Gasteiger partial charge in [0, 0.05) is 6.04 Å². The first-order chi connectivity index (χ1) is 9.29. The van der Waals surface area contributed by atoms with E-state index in [4.69, 9.17) is 5.73 Å². The lowest BCUT2D eigenvalue weighted by Crippen LogP contribution is -2.42. The van der Waals surface area contributed by atoms with Crippen LogP contribution in [0.4, 0.5) is 10.1 Å². The first-order valence-electron chi connectivity index (χ1n) is 6.87. The molecule has 3 N–H and O–H groups in total. The molecule has 20 heavy (non-hydrogen) atoms. The molecule has 1 saturated carbocycles. The molecule has 3 unspecified atom stereocenters. The quantitative estimate of drug-likeness (QED) is 0.843. The smallest absolute Gasteiger partial charge is 0.240 e. The van der Waals surface area contributed by atoms with E-state index in [0.717, 1.165) is 25.3 Å². The maximum Gasteiger partial charge on any atom is 0.240 e. The van der Waals surface area contributed by atoms with Crippen molar-refractivity contribution in [2.45, 2.75) is 44.0 Å². The van der Waals surface area contributed by atoms with Crippen LogP contribution < -0.4 is 10.5 Å². The Morgan fingerprint density at radius 3 is 2.60 bits per heavy atom. The Kier molecular flexibility index (Phi) is 4.34. The van der Waals surface area contributed by atoms with Crippen LogP contribution in [0.2, 0.25) is 0 Å². The zero-order valence-electron chi connectivity index (χ0n) is 11.8. The molecule has 1 aromatic rings. The number of nitrogens with two attached hydrogens (primary N) is 1. The van der Waals surface area contributed by atoms with Crippen LogP contribution in [0.3, 0.4) is 0 Å². The summed E-state index contributed by atoms with van der Waals surface area (Å²) in [7, 11) is -3.70. The van der Waals surface area contributed by atoms with Gasteiger partial charge in [0.05, 0.1) is 10.6 Å². The zero-order chi connectivity index (χ0) is 14.9. The molecule has 3 atom stereocenters. The van der Waals surface area contributed by atoms with Crippen LogP contribution in [-0.2, 0) is 10.0 Å². The summed E-state index contributed by atoms with van der Waals surface area (Å²) in [6.45, 7) is 4.23. The van der Waals surface area contributed by atoms with E-state index >= 15 is 0 Å². The third-order valence-electron chi connectivity index (χ3n) is 4.02. The van der Waals surface area contributed by atoms with Gasteiger partial charge in [0.15, 0.2) is 0 Å². The average Bonchev–Trinajstić information content (AvgIpc) is 2.36. The Bertz CT molecular complexity index is 589. The topological polar surface area (TPSA) is 72.2 Å². The Morgan fingerprint density at radius 2 is 2.00 bits per heavy atom. The number of nitrogens with one attached hydrogen (secondary N) is 1. The summed E-state index contributed by atoms with van der Waals surface area (Å²) >= 11 is 0. The van der Waals surface area contributed by atoms with E-state index in [-0.39, 0.29) is 22.5 Å². The van der Waals surface area contributed by atoms with Crippen LogP contribution in [0, 0.1) is 17.7 Å². The summed E-state index contributed by atoms with van der Waals surface area (Å²) in [5.41, 5.74) is 5.31. The van der Waals surface area contributed by atoms with Gasteiger partial charge in [0.2, 0.25) is 10.0 Å². The fourth-order valence-corrected chi connectivity index (χ4v) is 4.17. The molecule has 0 spiro atoms. The van der Waals surface area contributed by atoms with Crippen LogP contribution in [0.5, 0.6) is 0 Å². The Labute approximate surface area is 119 Å². The first kappa shape index (κ1) is 15.3. The number of nitrogen functional groups attached to an aromatic ring is 1. The molecule has 1 aliphatic carbocycles. The molecule has 2 rings (SSSR count). The minimum absolute atomic E-state index is 0.0520. The van der Waals surface area contributed by atoms with Crippen LogP contribution in [-0.4, -0.2) is 14.5 Å². The molecule has 1 fully saturated rings. The van der Waals surface area contributed by atoms with Crippen molar-refractivity contribution in [3.05, 3.63) is 24.0 Å². The van der Waals surface area contributed by atoms with Gasteiger partial charge in [0.1, 0.15) is 5.82 Å². The van der Waals surface area contributed by atoms with Crippen molar-refractivity contribution in [2.24, 2.45) is 11.8 Å². The van der Waals surface area contributed by atoms with Crippen LogP contribution in [0.1, 0.15) is 33.1 Å². The first-order valence-corrected chi connectivity index (χ1v) is 8.35. The predicted molar refractivity (Wildman–Crippen MR) is 77.1 cm³/mol. The van der Waals surface area contributed by atoms with E-state index in [2.05, 4.69) is 11.6 Å². The monoisotopic (exact) mass is 300 g/mol. The van der Waals surface area contributed by atoms with E-state index in [1.165, 1.54) is 12.1 Å². The van der Waals surface area contributed by atoms with Gasteiger partial charge in [-0.15, -0.1) is 0 Å². The third-order valence-corrected chi connectivity index (χ3v) is 5.51. The van der Waals surface area contributed by atoms with Crippen molar-refractivity contribution in [3.8, 4) is 0 Å². The maximum absolute atomic E-state index is 13.4. The standard InChI is InChI=1S/C14H21FN2O2S/c1-9-3-6-14(10(2)7-9)17-20(18,19)11-4-5-13(16)12(15)8-11/h4-5,8-10,14,17H,3,6-7,16H2,1-2H3. The number of anilines is 1. The largest absolute Gasteiger partial charge is 0.396 e. The SMILES string of the molecule is CC1CCC(NS(=O)(=O)c2ccc(N)c(F)c2)C(C)C1. The second-order valence-corrected chi connectivity index (χ2v) is 7.52. The van der Waals surface area contributed by atoms with Crippen molar-refractivity contribution in [3.63, 3.8) is 0 Å². The molecule has 112 valence electrons. The molecule has 0 aliphatic heterocycles. The van der Waals surface area contributed by atoms with E-state index in [9.17, 15) is 12.8 Å². The Morgan fingerprint density at radius 1 is 1.30 bits per heavy atom. The van der Waals surface area contributed by atoms with Gasteiger partial charge < -0.3 is 5.73 Å². The number of sulfonamides is 1. The van der Waals surface area contributed by atoms with Crippen molar-refractivity contribution in [1.82, 2.24) is 4.72 Å². The highest BCUT2D eigenvalue weighted by atomic mass is 32.2. The predicted octanol–water partition coefficient (Wildman–Crippen LogP) is 2.51. The van der Waals surface area contributed by atoms with Gasteiger partial charge >= 0.3 is 0 Å². The van der Waals surface area contributed by atoms with Crippen molar-refractivity contribution in [1.29, 1.82) is 0 Å². The lowest BCUT2D eigenvalue weighted by molar-refractivity contribution is 0.249. The van der Waals surface area contributed by atoms with Crippen LogP contribution in [0.15, 0.2) is 23.1 Å². The van der Waals surface area contributed by atoms with Crippen molar-refractivity contribution in [2.75, 3.05) is 5.73 Å². The molecule has 0 aromatic heterocycles. The van der Waals surface area contributed by atoms with E-state index in [1.807, 2.05) is 6.92 Å². The Hall–Kier alpha value is -1.14. The zero-order valence-corrected chi connectivity index (χ0v) is 12.6. The van der Waals surface area contributed by atoms with Gasteiger partial charge in [-0.25, -0.2) is 17.5 Å². The summed E-state index contributed by atoms with van der Waals surface area (Å²) < 4.78 is 40.6. The molecule has 6 heteroatoms. The normalized spacial score (nSPS) is 27.4. The third kappa shape index (κ3) is 3.30. The van der Waals surface area contributed by atoms with Gasteiger partial charge in [0.25, 0.3) is 0 Å². The molecular formula is C14H21FN2O2S. The van der Waals surface area contributed by atoms with E-state index in [0.29, 0.717) is 5.92 Å².